The molecule has 0 bridgehead atoms. The second-order valence-electron chi connectivity index (χ2n) is 6.13. The maximum absolute atomic E-state index is 3.89. The molecular formula is C20H25Br. The van der Waals surface area contributed by atoms with Gasteiger partial charge in [0.25, 0.3) is 0 Å². The van der Waals surface area contributed by atoms with E-state index in [1.807, 2.05) is 0 Å². The molecule has 0 aromatic heterocycles. The predicted molar refractivity (Wildman–Crippen MR) is 96.1 cm³/mol. The van der Waals surface area contributed by atoms with Crippen LogP contribution >= 0.6 is 15.9 Å². The summed E-state index contributed by atoms with van der Waals surface area (Å²) in [5, 5.41) is 0. The molecule has 0 nitrogen and oxygen atoms in total. The van der Waals surface area contributed by atoms with Crippen LogP contribution in [0.15, 0.2) is 60.7 Å². The van der Waals surface area contributed by atoms with Gasteiger partial charge >= 0.3 is 0 Å². The first kappa shape index (κ1) is 16.3. The van der Waals surface area contributed by atoms with Crippen molar-refractivity contribution in [2.24, 2.45) is 5.41 Å². The Morgan fingerprint density at radius 3 is 1.67 bits per heavy atom. The summed E-state index contributed by atoms with van der Waals surface area (Å²) in [6.07, 6.45) is 2.40. The predicted octanol–water partition coefficient (Wildman–Crippen LogP) is 6.41. The minimum Gasteiger partial charge on any atom is -0.0887 e. The Morgan fingerprint density at radius 2 is 1.33 bits per heavy atom. The lowest BCUT2D eigenvalue weighted by Gasteiger charge is -2.41. The zero-order chi connectivity index (χ0) is 15.3. The number of hydrogen-bond donors (Lipinski definition) is 0. The zero-order valence-corrected chi connectivity index (χ0v) is 14.8. The minimum absolute atomic E-state index is 0.192. The summed E-state index contributed by atoms with van der Waals surface area (Å²) in [6, 6.07) is 21.9. The molecule has 0 aliphatic carbocycles. The standard InChI is InChI=1S/C20H25Br/c1-4-15-20(3,16(2)21)19(17-11-7-5-8-12-17)18-13-9-6-10-14-18/h5-14,16,19H,4,15H2,1-3H3. The lowest BCUT2D eigenvalue weighted by Crippen LogP contribution is -2.34. The molecule has 0 radical (unpaired) electrons. The topological polar surface area (TPSA) is 0 Å². The largest absolute Gasteiger partial charge is 0.0887 e. The van der Waals surface area contributed by atoms with Gasteiger partial charge in [0.1, 0.15) is 0 Å². The highest BCUT2D eigenvalue weighted by atomic mass is 79.9. The van der Waals surface area contributed by atoms with Crippen molar-refractivity contribution in [1.29, 1.82) is 0 Å². The Kier molecular flexibility index (Phi) is 5.64. The van der Waals surface area contributed by atoms with E-state index in [0.29, 0.717) is 10.7 Å². The summed E-state index contributed by atoms with van der Waals surface area (Å²) in [5.41, 5.74) is 3.01. The van der Waals surface area contributed by atoms with E-state index in [4.69, 9.17) is 0 Å². The summed E-state index contributed by atoms with van der Waals surface area (Å²) >= 11 is 3.89. The molecule has 0 aliphatic rings. The highest BCUT2D eigenvalue weighted by Crippen LogP contribution is 2.48. The Hall–Kier alpha value is -1.08. The van der Waals surface area contributed by atoms with E-state index in [0.717, 1.165) is 0 Å². The molecule has 2 atom stereocenters. The van der Waals surface area contributed by atoms with Crippen LogP contribution in [0, 0.1) is 5.41 Å². The minimum atomic E-state index is 0.192. The smallest absolute Gasteiger partial charge is 0.0180 e. The van der Waals surface area contributed by atoms with Gasteiger partial charge in [-0.05, 0) is 23.0 Å². The second-order valence-corrected chi connectivity index (χ2v) is 7.50. The van der Waals surface area contributed by atoms with Gasteiger partial charge in [0.15, 0.2) is 0 Å². The van der Waals surface area contributed by atoms with Crippen LogP contribution in [0.4, 0.5) is 0 Å². The Bertz CT molecular complexity index is 493. The van der Waals surface area contributed by atoms with Crippen LogP contribution in [-0.4, -0.2) is 4.83 Å². The number of benzene rings is 2. The van der Waals surface area contributed by atoms with Crippen LogP contribution in [0.1, 0.15) is 50.7 Å². The van der Waals surface area contributed by atoms with E-state index in [1.54, 1.807) is 0 Å². The molecule has 112 valence electrons. The van der Waals surface area contributed by atoms with Gasteiger partial charge in [0.2, 0.25) is 0 Å². The molecule has 0 saturated heterocycles. The molecule has 0 spiro atoms. The molecule has 2 aromatic rings. The highest BCUT2D eigenvalue weighted by molar-refractivity contribution is 9.09. The van der Waals surface area contributed by atoms with Crippen LogP contribution in [-0.2, 0) is 0 Å². The Labute approximate surface area is 137 Å². The molecule has 2 unspecified atom stereocenters. The van der Waals surface area contributed by atoms with Gasteiger partial charge in [-0.2, -0.15) is 0 Å². The molecule has 0 heterocycles. The van der Waals surface area contributed by atoms with E-state index in [1.165, 1.54) is 24.0 Å². The lowest BCUT2D eigenvalue weighted by atomic mass is 9.66. The molecule has 0 N–H and O–H groups in total. The molecule has 0 fully saturated rings. The quantitative estimate of drug-likeness (QED) is 0.531. The van der Waals surface area contributed by atoms with Gasteiger partial charge in [0.05, 0.1) is 0 Å². The number of rotatable bonds is 6. The maximum Gasteiger partial charge on any atom is 0.0180 e. The third-order valence-electron chi connectivity index (χ3n) is 4.62. The van der Waals surface area contributed by atoms with Crippen molar-refractivity contribution in [3.8, 4) is 0 Å². The first-order valence-corrected chi connectivity index (χ1v) is 8.75. The lowest BCUT2D eigenvalue weighted by molar-refractivity contribution is 0.256. The summed E-state index contributed by atoms with van der Waals surface area (Å²) in [4.78, 5) is 0.454. The van der Waals surface area contributed by atoms with E-state index in [2.05, 4.69) is 97.4 Å². The number of alkyl halides is 1. The van der Waals surface area contributed by atoms with E-state index < -0.39 is 0 Å². The van der Waals surface area contributed by atoms with Gasteiger partial charge in [-0.25, -0.2) is 0 Å². The number of halogens is 1. The summed E-state index contributed by atoms with van der Waals surface area (Å²) in [6.45, 7) is 6.98. The first-order valence-electron chi connectivity index (χ1n) is 7.83. The van der Waals surface area contributed by atoms with Crippen molar-refractivity contribution >= 4 is 15.9 Å². The zero-order valence-electron chi connectivity index (χ0n) is 13.2. The van der Waals surface area contributed by atoms with Crippen LogP contribution in [0.3, 0.4) is 0 Å². The molecule has 0 saturated carbocycles. The van der Waals surface area contributed by atoms with Crippen LogP contribution < -0.4 is 0 Å². The van der Waals surface area contributed by atoms with Gasteiger partial charge in [-0.3, -0.25) is 0 Å². The summed E-state index contributed by atoms with van der Waals surface area (Å²) in [7, 11) is 0. The third kappa shape index (κ3) is 3.58. The van der Waals surface area contributed by atoms with Crippen molar-refractivity contribution in [2.75, 3.05) is 0 Å². The van der Waals surface area contributed by atoms with Gasteiger partial charge in [-0.1, -0.05) is 104 Å². The fourth-order valence-electron chi connectivity index (χ4n) is 3.36. The van der Waals surface area contributed by atoms with E-state index in [9.17, 15) is 0 Å². The first-order chi connectivity index (χ1) is 10.1. The summed E-state index contributed by atoms with van der Waals surface area (Å²) < 4.78 is 0. The van der Waals surface area contributed by atoms with E-state index in [-0.39, 0.29) is 5.41 Å². The summed E-state index contributed by atoms with van der Waals surface area (Å²) in [5.74, 6) is 0.411. The normalized spacial score (nSPS) is 15.7. The monoisotopic (exact) mass is 344 g/mol. The molecule has 21 heavy (non-hydrogen) atoms. The van der Waals surface area contributed by atoms with Crippen molar-refractivity contribution in [2.45, 2.75) is 44.4 Å². The van der Waals surface area contributed by atoms with Gasteiger partial charge in [0, 0.05) is 10.7 Å². The van der Waals surface area contributed by atoms with Crippen molar-refractivity contribution < 1.29 is 0 Å². The second kappa shape index (κ2) is 7.26. The molecule has 0 aliphatic heterocycles. The fraction of sp³-hybridized carbons (Fsp3) is 0.400. The number of hydrogen-bond acceptors (Lipinski definition) is 0. The average molecular weight is 345 g/mol. The Balaban J connectivity index is 2.55. The third-order valence-corrected chi connectivity index (χ3v) is 5.67. The van der Waals surface area contributed by atoms with E-state index >= 15 is 0 Å². The van der Waals surface area contributed by atoms with Crippen LogP contribution in [0.2, 0.25) is 0 Å². The Morgan fingerprint density at radius 1 is 0.905 bits per heavy atom. The molecule has 1 heteroatoms. The molecule has 0 amide bonds. The molecule has 2 rings (SSSR count). The van der Waals surface area contributed by atoms with Gasteiger partial charge in [-0.15, -0.1) is 0 Å². The SMILES string of the molecule is CCCC(C)(C(C)Br)C(c1ccccc1)c1ccccc1. The van der Waals surface area contributed by atoms with Gasteiger partial charge < -0.3 is 0 Å². The fourth-order valence-corrected chi connectivity index (χ4v) is 3.85. The van der Waals surface area contributed by atoms with Crippen molar-refractivity contribution in [1.82, 2.24) is 0 Å². The highest BCUT2D eigenvalue weighted by Gasteiger charge is 2.39. The van der Waals surface area contributed by atoms with Crippen LogP contribution in [0.25, 0.3) is 0 Å². The molecular weight excluding hydrogens is 320 g/mol. The van der Waals surface area contributed by atoms with Crippen molar-refractivity contribution in [3.63, 3.8) is 0 Å². The van der Waals surface area contributed by atoms with Crippen LogP contribution in [0.5, 0.6) is 0 Å². The van der Waals surface area contributed by atoms with Crippen molar-refractivity contribution in [3.05, 3.63) is 71.8 Å². The average Bonchev–Trinajstić information content (AvgIpc) is 2.50. The molecule has 2 aromatic carbocycles. The maximum atomic E-state index is 3.89.